The number of nitrogens with one attached hydrogen (secondary N) is 1. The van der Waals surface area contributed by atoms with Gasteiger partial charge in [-0.3, -0.25) is 0 Å². The van der Waals surface area contributed by atoms with Crippen LogP contribution < -0.4 is 14.8 Å². The summed E-state index contributed by atoms with van der Waals surface area (Å²) in [5.41, 5.74) is 4.90. The molecule has 1 aliphatic heterocycles. The minimum absolute atomic E-state index is 0.0412. The van der Waals surface area contributed by atoms with E-state index in [4.69, 9.17) is 14.5 Å². The number of nitrogens with zero attached hydrogens (tertiary/aromatic N) is 3. The fourth-order valence-electron chi connectivity index (χ4n) is 4.48. The number of aromatic nitrogens is 2. The van der Waals surface area contributed by atoms with Crippen molar-refractivity contribution in [1.29, 1.82) is 0 Å². The van der Waals surface area contributed by atoms with Gasteiger partial charge in [0.15, 0.2) is 0 Å². The van der Waals surface area contributed by atoms with Gasteiger partial charge in [0, 0.05) is 35.3 Å². The molecule has 39 heavy (non-hydrogen) atoms. The van der Waals surface area contributed by atoms with Gasteiger partial charge in [0.1, 0.15) is 28.6 Å². The van der Waals surface area contributed by atoms with Crippen LogP contribution in [0.3, 0.4) is 0 Å². The molecule has 2 aromatic carbocycles. The molecule has 0 fully saturated rings. The molecule has 0 spiro atoms. The number of methoxy groups -OCH3 is 2. The van der Waals surface area contributed by atoms with E-state index >= 15 is 4.39 Å². The van der Waals surface area contributed by atoms with Crippen LogP contribution in [0.1, 0.15) is 34.1 Å². The SMILES string of the molecule is CC#CC1=NC=C2C(=CCc3cnc(Nc4ccc(C(=O)O)c(OC)c4)nc32)C(c2c(F)cccc2OC)=C1. The van der Waals surface area contributed by atoms with Gasteiger partial charge in [-0.05, 0) is 60.8 Å². The van der Waals surface area contributed by atoms with Crippen LogP contribution in [0, 0.1) is 17.7 Å². The second-order valence-electron chi connectivity index (χ2n) is 8.54. The van der Waals surface area contributed by atoms with Crippen molar-refractivity contribution < 1.29 is 23.8 Å². The number of carboxylic acid groups (broad SMARTS) is 1. The number of aromatic carboxylic acids is 1. The molecule has 2 heterocycles. The van der Waals surface area contributed by atoms with Crippen LogP contribution in [0.15, 0.2) is 71.5 Å². The Morgan fingerprint density at radius 2 is 1.92 bits per heavy atom. The van der Waals surface area contributed by atoms with Crippen LogP contribution in [-0.4, -0.2) is 41.0 Å². The topological polar surface area (TPSA) is 106 Å². The fraction of sp³-hybridized carbons (Fsp3) is 0.133. The van der Waals surface area contributed by atoms with Gasteiger partial charge in [-0.1, -0.05) is 18.1 Å². The molecule has 0 radical (unpaired) electrons. The highest BCUT2D eigenvalue weighted by molar-refractivity contribution is 6.18. The standard InChI is InChI=1S/C30H23FN4O4/c1-4-6-18-13-22(27-24(31)7-5-8-25(27)38-2)20-11-9-17-15-33-30(35-28(17)23(20)16-32-18)34-19-10-12-21(29(36)37)26(14-19)39-3/h5,7-8,10-16H,9H2,1-3H3,(H,36,37)(H,33,34,35). The number of ether oxygens (including phenoxy) is 2. The van der Waals surface area contributed by atoms with Crippen molar-refractivity contribution in [2.45, 2.75) is 13.3 Å². The molecule has 5 rings (SSSR count). The van der Waals surface area contributed by atoms with Crippen LogP contribution in [0.5, 0.6) is 11.5 Å². The van der Waals surface area contributed by atoms with Crippen LogP contribution in [-0.2, 0) is 6.42 Å². The van der Waals surface area contributed by atoms with E-state index in [-0.39, 0.29) is 17.3 Å². The van der Waals surface area contributed by atoms with Crippen molar-refractivity contribution >= 4 is 34.5 Å². The van der Waals surface area contributed by atoms with E-state index < -0.39 is 11.8 Å². The average molecular weight is 523 g/mol. The van der Waals surface area contributed by atoms with Crippen molar-refractivity contribution in [1.82, 2.24) is 9.97 Å². The molecule has 9 heteroatoms. The van der Waals surface area contributed by atoms with Gasteiger partial charge in [-0.2, -0.15) is 0 Å². The van der Waals surface area contributed by atoms with Crippen LogP contribution in [0.4, 0.5) is 16.0 Å². The smallest absolute Gasteiger partial charge is 0.339 e. The highest BCUT2D eigenvalue weighted by atomic mass is 19.1. The van der Waals surface area contributed by atoms with E-state index in [1.807, 2.05) is 6.08 Å². The highest BCUT2D eigenvalue weighted by Gasteiger charge is 2.28. The molecule has 3 aromatic rings. The molecule has 2 aliphatic rings. The first-order chi connectivity index (χ1) is 18.9. The summed E-state index contributed by atoms with van der Waals surface area (Å²) in [5, 5.41) is 12.5. The number of aliphatic imine (C=N–C) groups is 1. The van der Waals surface area contributed by atoms with Gasteiger partial charge >= 0.3 is 5.97 Å². The molecular formula is C30H23FN4O4. The molecule has 0 amide bonds. The third-order valence-electron chi connectivity index (χ3n) is 6.25. The molecule has 8 nitrogen and oxygen atoms in total. The van der Waals surface area contributed by atoms with Gasteiger partial charge < -0.3 is 19.9 Å². The lowest BCUT2D eigenvalue weighted by Crippen LogP contribution is -2.10. The number of hydrogen-bond donors (Lipinski definition) is 2. The Bertz CT molecular complexity index is 1690. The molecule has 0 saturated carbocycles. The zero-order chi connectivity index (χ0) is 27.5. The second kappa shape index (κ2) is 10.6. The van der Waals surface area contributed by atoms with Crippen LogP contribution in [0.2, 0.25) is 0 Å². The molecule has 2 N–H and O–H groups in total. The quantitative estimate of drug-likeness (QED) is 0.414. The van der Waals surface area contributed by atoms with Gasteiger partial charge in [0.25, 0.3) is 0 Å². The van der Waals surface area contributed by atoms with Crippen molar-refractivity contribution in [3.05, 3.63) is 94.7 Å². The molecule has 0 bridgehead atoms. The number of carbonyl (C=O) groups is 1. The highest BCUT2D eigenvalue weighted by Crippen LogP contribution is 2.43. The van der Waals surface area contributed by atoms with Gasteiger partial charge in [0.05, 0.1) is 25.5 Å². The number of carboxylic acids is 1. The zero-order valence-corrected chi connectivity index (χ0v) is 21.4. The number of allylic oxidation sites excluding steroid dienone is 5. The van der Waals surface area contributed by atoms with Gasteiger partial charge in [-0.25, -0.2) is 24.1 Å². The molecule has 0 saturated heterocycles. The first-order valence-corrected chi connectivity index (χ1v) is 11.9. The minimum Gasteiger partial charge on any atom is -0.496 e. The number of benzene rings is 2. The maximum atomic E-state index is 15.2. The summed E-state index contributed by atoms with van der Waals surface area (Å²) >= 11 is 0. The first-order valence-electron chi connectivity index (χ1n) is 11.9. The lowest BCUT2D eigenvalue weighted by Gasteiger charge is -2.22. The fourth-order valence-corrected chi connectivity index (χ4v) is 4.48. The van der Waals surface area contributed by atoms with Crippen molar-refractivity contribution in [3.8, 4) is 23.3 Å². The number of rotatable bonds is 6. The number of hydrogen-bond acceptors (Lipinski definition) is 7. The Labute approximate surface area is 224 Å². The first kappa shape index (κ1) is 25.4. The predicted molar refractivity (Wildman–Crippen MR) is 147 cm³/mol. The normalized spacial score (nSPS) is 13.6. The second-order valence-corrected chi connectivity index (χ2v) is 8.54. The molecule has 194 valence electrons. The number of anilines is 2. The van der Waals surface area contributed by atoms with E-state index in [9.17, 15) is 9.90 Å². The third-order valence-corrected chi connectivity index (χ3v) is 6.25. The maximum absolute atomic E-state index is 15.2. The van der Waals surface area contributed by atoms with Crippen molar-refractivity contribution in [3.63, 3.8) is 0 Å². The van der Waals surface area contributed by atoms with Gasteiger partial charge in [-0.15, -0.1) is 0 Å². The summed E-state index contributed by atoms with van der Waals surface area (Å²) in [6, 6.07) is 9.31. The summed E-state index contributed by atoms with van der Waals surface area (Å²) < 4.78 is 26.0. The largest absolute Gasteiger partial charge is 0.496 e. The monoisotopic (exact) mass is 522 g/mol. The summed E-state index contributed by atoms with van der Waals surface area (Å²) in [4.78, 5) is 25.2. The zero-order valence-electron chi connectivity index (χ0n) is 21.4. The number of halogens is 1. The maximum Gasteiger partial charge on any atom is 0.339 e. The minimum atomic E-state index is -1.09. The number of fused-ring (bicyclic) bond motifs is 3. The van der Waals surface area contributed by atoms with E-state index in [1.165, 1.54) is 26.4 Å². The Morgan fingerprint density at radius 1 is 1.10 bits per heavy atom. The Hall–Kier alpha value is -5.23. The van der Waals surface area contributed by atoms with E-state index in [0.29, 0.717) is 46.0 Å². The van der Waals surface area contributed by atoms with Crippen molar-refractivity contribution in [2.24, 2.45) is 4.99 Å². The van der Waals surface area contributed by atoms with E-state index in [0.717, 1.165) is 11.1 Å². The lowest BCUT2D eigenvalue weighted by atomic mass is 9.84. The summed E-state index contributed by atoms with van der Waals surface area (Å²) in [6.07, 6.45) is 7.67. The Balaban J connectivity index is 1.59. The summed E-state index contributed by atoms with van der Waals surface area (Å²) in [6.45, 7) is 1.71. The van der Waals surface area contributed by atoms with Crippen molar-refractivity contribution in [2.75, 3.05) is 19.5 Å². The average Bonchev–Trinajstić information content (AvgIpc) is 3.12. The van der Waals surface area contributed by atoms with Crippen LogP contribution >= 0.6 is 0 Å². The lowest BCUT2D eigenvalue weighted by molar-refractivity contribution is 0.0693. The third kappa shape index (κ3) is 4.88. The Morgan fingerprint density at radius 3 is 2.67 bits per heavy atom. The van der Waals surface area contributed by atoms with E-state index in [2.05, 4.69) is 27.1 Å². The molecule has 1 aliphatic carbocycles. The molecule has 0 unspecified atom stereocenters. The molecule has 1 aromatic heterocycles. The molecule has 0 atom stereocenters. The van der Waals surface area contributed by atoms with Crippen LogP contribution in [0.25, 0.3) is 11.1 Å². The predicted octanol–water partition coefficient (Wildman–Crippen LogP) is 5.46. The summed E-state index contributed by atoms with van der Waals surface area (Å²) in [5.74, 6) is 5.19. The summed E-state index contributed by atoms with van der Waals surface area (Å²) in [7, 11) is 2.90. The van der Waals surface area contributed by atoms with Gasteiger partial charge in [0.2, 0.25) is 5.95 Å². The Kier molecular flexibility index (Phi) is 6.93. The van der Waals surface area contributed by atoms with E-state index in [1.54, 1.807) is 49.7 Å². The molecular weight excluding hydrogens is 499 g/mol.